The molecule has 0 bridgehead atoms. The van der Waals surface area contributed by atoms with Gasteiger partial charge in [0.15, 0.2) is 0 Å². The van der Waals surface area contributed by atoms with Crippen molar-refractivity contribution in [3.05, 3.63) is 77.6 Å². The Morgan fingerprint density at radius 2 is 2.00 bits per heavy atom. The van der Waals surface area contributed by atoms with Crippen LogP contribution >= 0.6 is 0 Å². The second-order valence-corrected chi connectivity index (χ2v) is 9.09. The van der Waals surface area contributed by atoms with Crippen LogP contribution in [0.2, 0.25) is 0 Å². The summed E-state index contributed by atoms with van der Waals surface area (Å²) in [4.78, 5) is 27.1. The number of halogens is 1. The smallest absolute Gasteiger partial charge is 0.335 e. The molecule has 1 saturated heterocycles. The molecule has 1 fully saturated rings. The van der Waals surface area contributed by atoms with Crippen LogP contribution in [-0.2, 0) is 4.79 Å². The van der Waals surface area contributed by atoms with E-state index in [1.165, 1.54) is 18.2 Å². The number of nitrogens with zero attached hydrogens (tertiary/aromatic N) is 2. The lowest BCUT2D eigenvalue weighted by molar-refractivity contribution is -0.130. The van der Waals surface area contributed by atoms with Crippen LogP contribution in [0.5, 0.6) is 5.75 Å². The zero-order valence-electron chi connectivity index (χ0n) is 18.3. The van der Waals surface area contributed by atoms with Gasteiger partial charge in [-0.1, -0.05) is 18.7 Å². The predicted octanol–water partition coefficient (Wildman–Crippen LogP) is 3.29. The van der Waals surface area contributed by atoms with Crippen LogP contribution in [0.25, 0.3) is 0 Å². The van der Waals surface area contributed by atoms with E-state index in [2.05, 4.69) is 11.5 Å². The lowest BCUT2D eigenvalue weighted by Crippen LogP contribution is -2.54. The van der Waals surface area contributed by atoms with E-state index in [4.69, 9.17) is 9.53 Å². The Hall–Kier alpha value is -2.97. The Bertz CT molecular complexity index is 982. The molecule has 1 unspecified atom stereocenters. The highest BCUT2D eigenvalue weighted by Crippen LogP contribution is 2.23. The van der Waals surface area contributed by atoms with Crippen LogP contribution in [0.1, 0.15) is 33.9 Å². The number of carboxylic acids is 1. The molecule has 2 radical (unpaired) electrons. The van der Waals surface area contributed by atoms with Crippen molar-refractivity contribution in [2.24, 2.45) is 0 Å². The fraction of sp³-hybridized carbons (Fsp3) is 0.333. The summed E-state index contributed by atoms with van der Waals surface area (Å²) in [6, 6.07) is 11.6. The Morgan fingerprint density at radius 1 is 1.28 bits per heavy atom. The molecule has 3 rings (SSSR count). The Morgan fingerprint density at radius 3 is 2.59 bits per heavy atom. The molecule has 1 heterocycles. The van der Waals surface area contributed by atoms with E-state index in [1.54, 1.807) is 31.2 Å². The summed E-state index contributed by atoms with van der Waals surface area (Å²) in [7, 11) is 0.0159. The van der Waals surface area contributed by atoms with Crippen LogP contribution in [-0.4, -0.2) is 68.8 Å². The summed E-state index contributed by atoms with van der Waals surface area (Å²) in [6.45, 7) is 10.0. The topological polar surface area (TPSA) is 70.1 Å². The average molecular weight is 455 g/mol. The van der Waals surface area contributed by atoms with Crippen LogP contribution in [0.3, 0.4) is 0 Å². The standard InChI is InChI=1S/C24H27FN2O4Si/c1-4-23(28)27-12-11-26(14-17(27)3)15-22(19-6-5-16(2)21(25)13-19)32-31-20-9-7-18(8-10-20)24(29)30/h4-10,13,17,22H,1,11-12,14-15H2,2-3H3,(H,29,30)/t17-,22?/m1/s1. The molecule has 0 aromatic heterocycles. The van der Waals surface area contributed by atoms with Crippen molar-refractivity contribution in [3.8, 4) is 5.75 Å². The maximum Gasteiger partial charge on any atom is 0.335 e. The fourth-order valence-corrected chi connectivity index (χ4v) is 4.81. The van der Waals surface area contributed by atoms with Gasteiger partial charge in [0.1, 0.15) is 11.6 Å². The summed E-state index contributed by atoms with van der Waals surface area (Å²) in [5, 5.41) is 9.05. The summed E-state index contributed by atoms with van der Waals surface area (Å²) < 4.78 is 20.3. The van der Waals surface area contributed by atoms with Gasteiger partial charge in [-0.2, -0.15) is 0 Å². The molecule has 32 heavy (non-hydrogen) atoms. The molecule has 1 aliphatic heterocycles. The van der Waals surface area contributed by atoms with Gasteiger partial charge in [-0.25, -0.2) is 9.18 Å². The predicted molar refractivity (Wildman–Crippen MR) is 121 cm³/mol. The number of carboxylic acid groups (broad SMARTS) is 1. The number of aromatic carboxylic acids is 1. The van der Waals surface area contributed by atoms with Crippen LogP contribution in [0, 0.1) is 12.7 Å². The third-order valence-corrected chi connectivity index (χ3v) is 6.78. The fourth-order valence-electron chi connectivity index (χ4n) is 3.74. The van der Waals surface area contributed by atoms with E-state index in [9.17, 15) is 14.0 Å². The van der Waals surface area contributed by atoms with Crippen molar-refractivity contribution in [2.45, 2.75) is 25.4 Å². The molecule has 1 amide bonds. The first kappa shape index (κ1) is 23.7. The second-order valence-electron chi connectivity index (χ2n) is 7.96. The van der Waals surface area contributed by atoms with Gasteiger partial charge in [0, 0.05) is 37.8 Å². The lowest BCUT2D eigenvalue weighted by atomic mass is 10.1. The van der Waals surface area contributed by atoms with E-state index < -0.39 is 5.97 Å². The quantitative estimate of drug-likeness (QED) is 0.490. The monoisotopic (exact) mass is 454 g/mol. The molecule has 1 aliphatic rings. The molecule has 2 aromatic carbocycles. The molecule has 6 nitrogen and oxygen atoms in total. The third-order valence-electron chi connectivity index (χ3n) is 5.63. The SMILES string of the molecule is C=CC(=O)N1CCN(CC([Si]Oc2ccc(C(=O)O)cc2)c2ccc(C)c(F)c2)C[C@H]1C. The molecule has 0 spiro atoms. The Kier molecular flexibility index (Phi) is 7.82. The number of aryl methyl sites for hydroxylation is 1. The van der Waals surface area contributed by atoms with Gasteiger partial charge in [-0.15, -0.1) is 0 Å². The summed E-state index contributed by atoms with van der Waals surface area (Å²) in [5.74, 6) is -0.738. The van der Waals surface area contributed by atoms with E-state index in [1.807, 2.05) is 17.9 Å². The highest BCUT2D eigenvalue weighted by atomic mass is 28.2. The summed E-state index contributed by atoms with van der Waals surface area (Å²) in [5.41, 5.74) is 1.56. The maximum atomic E-state index is 14.3. The minimum Gasteiger partial charge on any atom is -0.540 e. The van der Waals surface area contributed by atoms with Crippen molar-refractivity contribution in [3.63, 3.8) is 0 Å². The zero-order valence-corrected chi connectivity index (χ0v) is 19.3. The first-order valence-corrected chi connectivity index (χ1v) is 11.4. The second kappa shape index (κ2) is 10.6. The van der Waals surface area contributed by atoms with E-state index in [-0.39, 0.29) is 38.6 Å². The minimum absolute atomic E-state index is 0.0159. The van der Waals surface area contributed by atoms with Crippen LogP contribution in [0.4, 0.5) is 4.39 Å². The molecule has 8 heteroatoms. The number of carbonyl (C=O) groups is 2. The molecule has 0 aliphatic carbocycles. The number of hydrogen-bond acceptors (Lipinski definition) is 4. The number of amides is 1. The van der Waals surface area contributed by atoms with E-state index >= 15 is 0 Å². The normalized spacial score (nSPS) is 17.6. The maximum absolute atomic E-state index is 14.3. The van der Waals surface area contributed by atoms with Crippen molar-refractivity contribution >= 4 is 21.6 Å². The largest absolute Gasteiger partial charge is 0.540 e. The molecule has 1 N–H and O–H groups in total. The number of benzene rings is 2. The van der Waals surface area contributed by atoms with E-state index in [0.29, 0.717) is 37.5 Å². The van der Waals surface area contributed by atoms with Gasteiger partial charge in [0.25, 0.3) is 0 Å². The van der Waals surface area contributed by atoms with Gasteiger partial charge >= 0.3 is 15.7 Å². The van der Waals surface area contributed by atoms with Gasteiger partial charge in [0.05, 0.1) is 5.56 Å². The summed E-state index contributed by atoms with van der Waals surface area (Å²) >= 11 is 0. The molecular weight excluding hydrogens is 427 g/mol. The van der Waals surface area contributed by atoms with Gasteiger partial charge in [-0.05, 0) is 61.4 Å². The highest BCUT2D eigenvalue weighted by Gasteiger charge is 2.29. The van der Waals surface area contributed by atoms with Crippen molar-refractivity contribution < 1.29 is 23.5 Å². The number of hydrogen-bond donors (Lipinski definition) is 1. The van der Waals surface area contributed by atoms with Crippen molar-refractivity contribution in [2.75, 3.05) is 26.2 Å². The van der Waals surface area contributed by atoms with Gasteiger partial charge in [-0.3, -0.25) is 9.69 Å². The van der Waals surface area contributed by atoms with Crippen LogP contribution in [0.15, 0.2) is 55.1 Å². The van der Waals surface area contributed by atoms with Crippen molar-refractivity contribution in [1.82, 2.24) is 9.80 Å². The average Bonchev–Trinajstić information content (AvgIpc) is 2.78. The summed E-state index contributed by atoms with van der Waals surface area (Å²) in [6.07, 6.45) is 1.34. The molecule has 2 aromatic rings. The minimum atomic E-state index is -0.991. The van der Waals surface area contributed by atoms with Gasteiger partial charge < -0.3 is 14.4 Å². The molecule has 0 saturated carbocycles. The molecule has 168 valence electrons. The van der Waals surface area contributed by atoms with Gasteiger partial charge in [0.2, 0.25) is 5.91 Å². The number of carbonyl (C=O) groups excluding carboxylic acids is 1. The van der Waals surface area contributed by atoms with Crippen LogP contribution < -0.4 is 4.43 Å². The first-order chi connectivity index (χ1) is 15.3. The number of piperazine rings is 1. The molecular formula is C24H27FN2O4Si. The lowest BCUT2D eigenvalue weighted by Gasteiger charge is -2.40. The van der Waals surface area contributed by atoms with E-state index in [0.717, 1.165) is 5.56 Å². The first-order valence-electron chi connectivity index (χ1n) is 10.5. The number of rotatable bonds is 8. The Balaban J connectivity index is 1.72. The Labute approximate surface area is 190 Å². The third kappa shape index (κ3) is 5.83. The van der Waals surface area contributed by atoms with Crippen molar-refractivity contribution in [1.29, 1.82) is 0 Å². The molecule has 2 atom stereocenters. The highest BCUT2D eigenvalue weighted by molar-refractivity contribution is 6.31. The zero-order chi connectivity index (χ0) is 23.3.